The summed E-state index contributed by atoms with van der Waals surface area (Å²) in [5.41, 5.74) is 3.74. The first-order valence-electron chi connectivity index (χ1n) is 8.85. The second-order valence-corrected chi connectivity index (χ2v) is 6.77. The highest BCUT2D eigenvalue weighted by molar-refractivity contribution is 5.79. The van der Waals surface area contributed by atoms with Gasteiger partial charge < -0.3 is 9.40 Å². The maximum atomic E-state index is 13.7. The molecule has 2 heterocycles. The van der Waals surface area contributed by atoms with Crippen LogP contribution in [0.25, 0.3) is 28.4 Å². The molecule has 5 heteroatoms. The molecule has 28 heavy (non-hydrogen) atoms. The van der Waals surface area contributed by atoms with Crippen molar-refractivity contribution in [3.63, 3.8) is 0 Å². The van der Waals surface area contributed by atoms with Crippen molar-refractivity contribution in [2.24, 2.45) is 0 Å². The fourth-order valence-corrected chi connectivity index (χ4v) is 2.87. The lowest BCUT2D eigenvalue weighted by molar-refractivity contribution is 0.0691. The second kappa shape index (κ2) is 7.43. The molecule has 0 spiro atoms. The Morgan fingerprint density at radius 1 is 1.14 bits per heavy atom. The van der Waals surface area contributed by atoms with Crippen molar-refractivity contribution >= 4 is 5.57 Å². The van der Waals surface area contributed by atoms with Crippen LogP contribution in [0.4, 0.5) is 8.78 Å². The molecule has 0 unspecified atom stereocenters. The number of hydrogen-bond donors (Lipinski definition) is 1. The van der Waals surface area contributed by atoms with Gasteiger partial charge in [-0.1, -0.05) is 55.1 Å². The molecule has 0 aliphatic carbocycles. The lowest BCUT2D eigenvalue weighted by atomic mass is 10.00. The third-order valence-corrected chi connectivity index (χ3v) is 4.45. The van der Waals surface area contributed by atoms with Crippen molar-refractivity contribution in [1.82, 2.24) is 9.97 Å². The van der Waals surface area contributed by atoms with E-state index in [1.807, 2.05) is 38.1 Å². The fraction of sp³-hybridized carbons (Fsp3) is 0.174. The minimum absolute atomic E-state index is 0.204. The number of nitrogens with zero attached hydrogens (tertiary/aromatic N) is 1. The molecule has 0 bridgehead atoms. The number of rotatable bonds is 6. The maximum Gasteiger partial charge on any atom is 0.270 e. The summed E-state index contributed by atoms with van der Waals surface area (Å²) in [6, 6.07) is 11.4. The van der Waals surface area contributed by atoms with E-state index in [-0.39, 0.29) is 16.9 Å². The number of hydrogen-bond acceptors (Lipinski definition) is 2. The van der Waals surface area contributed by atoms with E-state index >= 15 is 0 Å². The first kappa shape index (κ1) is 19.5. The van der Waals surface area contributed by atoms with Crippen LogP contribution in [0.1, 0.15) is 23.9 Å². The second-order valence-electron chi connectivity index (χ2n) is 6.77. The lowest BCUT2D eigenvalue weighted by Crippen LogP contribution is -2.13. The van der Waals surface area contributed by atoms with Crippen molar-refractivity contribution in [2.75, 3.05) is 0 Å². The Labute approximate surface area is 163 Å². The van der Waals surface area contributed by atoms with Crippen LogP contribution in [-0.2, 0) is 0 Å². The van der Waals surface area contributed by atoms with Crippen LogP contribution >= 0.6 is 0 Å². The zero-order valence-electron chi connectivity index (χ0n) is 16.1. The number of aromatic nitrogens is 2. The Bertz CT molecular complexity index is 1050. The summed E-state index contributed by atoms with van der Waals surface area (Å²) in [4.78, 5) is 7.84. The molecule has 1 aromatic carbocycles. The number of H-pyrrole nitrogens is 1. The number of furan rings is 1. The van der Waals surface area contributed by atoms with Gasteiger partial charge in [-0.25, -0.2) is 13.8 Å². The van der Waals surface area contributed by atoms with Crippen molar-refractivity contribution in [2.45, 2.75) is 26.7 Å². The largest absolute Gasteiger partial charge is 0.453 e. The first-order chi connectivity index (χ1) is 13.2. The third-order valence-electron chi connectivity index (χ3n) is 4.45. The van der Waals surface area contributed by atoms with Gasteiger partial charge in [-0.15, -0.1) is 0 Å². The van der Waals surface area contributed by atoms with Gasteiger partial charge in [0.2, 0.25) is 0 Å². The van der Waals surface area contributed by atoms with Gasteiger partial charge in [0, 0.05) is 29.3 Å². The Hall–Kier alpha value is -3.21. The van der Waals surface area contributed by atoms with Crippen molar-refractivity contribution in [1.29, 1.82) is 0 Å². The molecule has 0 aliphatic heterocycles. The van der Waals surface area contributed by atoms with Crippen LogP contribution in [0.15, 0.2) is 71.7 Å². The predicted molar refractivity (Wildman–Crippen MR) is 109 cm³/mol. The van der Waals surface area contributed by atoms with Crippen LogP contribution in [-0.4, -0.2) is 15.9 Å². The maximum absolute atomic E-state index is 13.7. The average molecular weight is 380 g/mol. The standard InChI is InChI=1S/C23H22F2N2O/c1-6-7-18(15(3)23(5,24)25)19-12-13-20(28-19)22-26-16(4)21(27-22)17-10-8-14(2)9-11-17/h6-13H,1,3H2,2,4-5H3,(H,26,27)/b18-7+. The number of nitrogens with one attached hydrogen (secondary N) is 1. The lowest BCUT2D eigenvalue weighted by Gasteiger charge is -2.15. The van der Waals surface area contributed by atoms with E-state index in [1.165, 1.54) is 17.7 Å². The van der Waals surface area contributed by atoms with Crippen LogP contribution in [0.2, 0.25) is 0 Å². The minimum Gasteiger partial charge on any atom is -0.453 e. The monoisotopic (exact) mass is 380 g/mol. The predicted octanol–water partition coefficient (Wildman–Crippen LogP) is 6.73. The van der Waals surface area contributed by atoms with Gasteiger partial charge in [0.1, 0.15) is 5.76 Å². The Kier molecular flexibility index (Phi) is 5.18. The number of allylic oxidation sites excluding steroid dienone is 4. The van der Waals surface area contributed by atoms with E-state index in [0.29, 0.717) is 11.6 Å². The molecule has 0 radical (unpaired) electrons. The van der Waals surface area contributed by atoms with Gasteiger partial charge in [-0.2, -0.15) is 0 Å². The number of alkyl halides is 2. The summed E-state index contributed by atoms with van der Waals surface area (Å²) in [7, 11) is 0. The molecule has 0 saturated heterocycles. The number of halogens is 2. The highest BCUT2D eigenvalue weighted by Gasteiger charge is 2.30. The van der Waals surface area contributed by atoms with Gasteiger partial charge in [-0.05, 0) is 26.0 Å². The summed E-state index contributed by atoms with van der Waals surface area (Å²) in [6.07, 6.45) is 2.90. The molecule has 0 fully saturated rings. The number of imidazole rings is 1. The van der Waals surface area contributed by atoms with Crippen molar-refractivity contribution in [3.05, 3.63) is 84.3 Å². The average Bonchev–Trinajstić information content (AvgIpc) is 3.26. The van der Waals surface area contributed by atoms with Crippen LogP contribution in [0, 0.1) is 13.8 Å². The highest BCUT2D eigenvalue weighted by Crippen LogP contribution is 2.36. The van der Waals surface area contributed by atoms with E-state index < -0.39 is 5.92 Å². The van der Waals surface area contributed by atoms with E-state index in [9.17, 15) is 8.78 Å². The van der Waals surface area contributed by atoms with Gasteiger partial charge in [0.05, 0.1) is 5.69 Å². The SMILES string of the molecule is C=C/C=C(\C(=C)C(C)(F)F)c1ccc(-c2nc(-c3ccc(C)cc3)c(C)[nH]2)o1. The van der Waals surface area contributed by atoms with Gasteiger partial charge in [-0.3, -0.25) is 0 Å². The van der Waals surface area contributed by atoms with Gasteiger partial charge in [0.25, 0.3) is 5.92 Å². The molecule has 0 saturated carbocycles. The van der Waals surface area contributed by atoms with Crippen molar-refractivity contribution < 1.29 is 13.2 Å². The topological polar surface area (TPSA) is 41.8 Å². The number of aromatic amines is 1. The molecule has 0 amide bonds. The zero-order valence-corrected chi connectivity index (χ0v) is 16.1. The quantitative estimate of drug-likeness (QED) is 0.482. The summed E-state index contributed by atoms with van der Waals surface area (Å²) < 4.78 is 33.3. The Morgan fingerprint density at radius 2 is 1.82 bits per heavy atom. The van der Waals surface area contributed by atoms with E-state index in [2.05, 4.69) is 23.1 Å². The first-order valence-corrected chi connectivity index (χ1v) is 8.85. The smallest absolute Gasteiger partial charge is 0.270 e. The number of benzene rings is 1. The summed E-state index contributed by atoms with van der Waals surface area (Å²) >= 11 is 0. The Morgan fingerprint density at radius 3 is 2.43 bits per heavy atom. The molecular weight excluding hydrogens is 358 g/mol. The van der Waals surface area contributed by atoms with E-state index in [0.717, 1.165) is 23.9 Å². The Balaban J connectivity index is 1.97. The fourth-order valence-electron chi connectivity index (χ4n) is 2.87. The van der Waals surface area contributed by atoms with Crippen LogP contribution in [0.3, 0.4) is 0 Å². The molecule has 0 aliphatic rings. The minimum atomic E-state index is -3.07. The van der Waals surface area contributed by atoms with Gasteiger partial charge in [0.15, 0.2) is 11.6 Å². The summed E-state index contributed by atoms with van der Waals surface area (Å²) in [5, 5.41) is 0. The van der Waals surface area contributed by atoms with Crippen LogP contribution in [0.5, 0.6) is 0 Å². The molecular formula is C23H22F2N2O. The third kappa shape index (κ3) is 3.88. The molecule has 3 aromatic rings. The molecule has 144 valence electrons. The van der Waals surface area contributed by atoms with E-state index in [4.69, 9.17) is 4.42 Å². The summed E-state index contributed by atoms with van der Waals surface area (Å²) in [5.74, 6) is -1.79. The zero-order chi connectivity index (χ0) is 20.5. The van der Waals surface area contributed by atoms with Gasteiger partial charge >= 0.3 is 0 Å². The number of aryl methyl sites for hydroxylation is 2. The highest BCUT2D eigenvalue weighted by atomic mass is 19.3. The van der Waals surface area contributed by atoms with E-state index in [1.54, 1.807) is 12.1 Å². The van der Waals surface area contributed by atoms with Crippen molar-refractivity contribution in [3.8, 4) is 22.8 Å². The molecule has 0 atom stereocenters. The van der Waals surface area contributed by atoms with Crippen LogP contribution < -0.4 is 0 Å². The molecule has 1 N–H and O–H groups in total. The molecule has 3 rings (SSSR count). The molecule has 3 nitrogen and oxygen atoms in total. The summed E-state index contributed by atoms with van der Waals surface area (Å²) in [6.45, 7) is 11.9. The normalized spacial score (nSPS) is 12.2. The molecule has 2 aromatic heterocycles.